The van der Waals surface area contributed by atoms with Gasteiger partial charge in [-0.15, -0.1) is 0 Å². The summed E-state index contributed by atoms with van der Waals surface area (Å²) in [6.07, 6.45) is -0.539. The lowest BCUT2D eigenvalue weighted by molar-refractivity contribution is 0.0867. The number of ketones is 1. The number of fused-ring (bicyclic) bond motifs is 4. The molecule has 1 aliphatic rings. The van der Waals surface area contributed by atoms with Crippen LogP contribution >= 0.6 is 0 Å². The molecule has 0 amide bonds. The number of carbonyl (C=O) groups is 1. The second-order valence-electron chi connectivity index (χ2n) is 9.41. The first kappa shape index (κ1) is 24.2. The van der Waals surface area contributed by atoms with E-state index < -0.39 is 58.4 Å². The average Bonchev–Trinajstić information content (AvgIpc) is 2.84. The number of rotatable bonds is 2. The molecule has 5 aromatic rings. The van der Waals surface area contributed by atoms with E-state index in [1.54, 1.807) is 6.92 Å². The zero-order chi connectivity index (χ0) is 27.9. The minimum atomic E-state index is -0.814. The van der Waals surface area contributed by atoms with Crippen LogP contribution in [-0.2, 0) is 6.61 Å². The maximum Gasteiger partial charge on any atom is 0.190 e. The van der Waals surface area contributed by atoms with Crippen molar-refractivity contribution in [3.8, 4) is 51.4 Å². The molecular formula is C28H20O11. The molecule has 4 aromatic carbocycles. The number of carbonyl (C=O) groups excluding carboxylic acids is 1. The summed E-state index contributed by atoms with van der Waals surface area (Å²) >= 11 is 0. The molecule has 0 spiro atoms. The number of aliphatic hydroxyl groups is 1. The lowest BCUT2D eigenvalue weighted by Crippen LogP contribution is -2.24. The fraction of sp³-hybridized carbons (Fsp3) is 0.143. The van der Waals surface area contributed by atoms with Gasteiger partial charge >= 0.3 is 0 Å². The Balaban J connectivity index is 1.82. The molecule has 0 bridgehead atoms. The zero-order valence-corrected chi connectivity index (χ0v) is 20.1. The summed E-state index contributed by atoms with van der Waals surface area (Å²) in [5, 5.41) is 73.4. The predicted molar refractivity (Wildman–Crippen MR) is 138 cm³/mol. The first-order valence-corrected chi connectivity index (χ1v) is 11.7. The van der Waals surface area contributed by atoms with Crippen LogP contribution in [-0.4, -0.2) is 47.6 Å². The number of phenolic OH excluding ortho intramolecular Hbond substituents is 5. The third kappa shape index (κ3) is 3.33. The number of benzene rings is 4. The predicted octanol–water partition coefficient (Wildman–Crippen LogP) is 3.85. The molecule has 0 fully saturated rings. The van der Waals surface area contributed by atoms with Gasteiger partial charge in [0.2, 0.25) is 0 Å². The van der Waals surface area contributed by atoms with Crippen molar-refractivity contribution in [3.63, 3.8) is 0 Å². The van der Waals surface area contributed by atoms with Crippen molar-refractivity contribution in [2.45, 2.75) is 26.1 Å². The van der Waals surface area contributed by atoms with Crippen molar-refractivity contribution >= 4 is 38.3 Å². The molecule has 39 heavy (non-hydrogen) atoms. The number of phenols is 5. The number of aromatic hydroxyl groups is 6. The van der Waals surface area contributed by atoms with E-state index in [-0.39, 0.29) is 67.1 Å². The molecule has 2 heterocycles. The Hall–Kier alpha value is -5.16. The van der Waals surface area contributed by atoms with Crippen molar-refractivity contribution in [3.05, 3.63) is 51.9 Å². The molecule has 0 saturated carbocycles. The van der Waals surface area contributed by atoms with E-state index in [0.717, 1.165) is 18.2 Å². The van der Waals surface area contributed by atoms with Crippen LogP contribution in [0.5, 0.6) is 40.2 Å². The normalized spacial score (nSPS) is 15.1. The third-order valence-electron chi connectivity index (χ3n) is 6.90. The van der Waals surface area contributed by atoms with Gasteiger partial charge in [0.15, 0.2) is 11.2 Å². The number of Topliss-reactive ketones (excluding diaryl/α,β-unsaturated/α-hetero) is 1. The van der Waals surface area contributed by atoms with Crippen molar-refractivity contribution in [2.75, 3.05) is 0 Å². The Labute approximate surface area is 217 Å². The smallest absolute Gasteiger partial charge is 0.190 e. The van der Waals surface area contributed by atoms with Crippen molar-refractivity contribution in [2.24, 2.45) is 0 Å². The van der Waals surface area contributed by atoms with E-state index in [9.17, 15) is 45.3 Å². The van der Waals surface area contributed by atoms with Gasteiger partial charge in [0, 0.05) is 46.5 Å². The topological polar surface area (TPSA) is 198 Å². The van der Waals surface area contributed by atoms with Gasteiger partial charge in [0.1, 0.15) is 75.3 Å². The number of ether oxygens (including phenoxy) is 1. The van der Waals surface area contributed by atoms with Gasteiger partial charge in [0.05, 0.1) is 10.8 Å². The SMILES string of the molecule is CC1CC(=O)c2c(cc3c(-c4c(=O)cc(O)c5c(O)c6c(O)cc(CO)oc6cc45)c(O)cc(O)c3c2O)O1. The minimum Gasteiger partial charge on any atom is -0.507 e. The molecule has 11 heteroatoms. The molecule has 1 atom stereocenters. The third-order valence-corrected chi connectivity index (χ3v) is 6.90. The molecule has 0 radical (unpaired) electrons. The second kappa shape index (κ2) is 8.17. The summed E-state index contributed by atoms with van der Waals surface area (Å²) < 4.78 is 11.3. The monoisotopic (exact) mass is 532 g/mol. The maximum absolute atomic E-state index is 13.4. The average molecular weight is 532 g/mol. The molecule has 1 unspecified atom stereocenters. The summed E-state index contributed by atoms with van der Waals surface area (Å²) in [5.41, 5.74) is -1.58. The molecular weight excluding hydrogens is 512 g/mol. The van der Waals surface area contributed by atoms with E-state index >= 15 is 0 Å². The lowest BCUT2D eigenvalue weighted by Gasteiger charge is -2.25. The quantitative estimate of drug-likeness (QED) is 0.163. The number of hydrogen-bond acceptors (Lipinski definition) is 11. The van der Waals surface area contributed by atoms with Crippen LogP contribution in [0.25, 0.3) is 43.6 Å². The highest BCUT2D eigenvalue weighted by molar-refractivity contribution is 6.18. The molecule has 7 N–H and O–H groups in total. The highest BCUT2D eigenvalue weighted by Gasteiger charge is 2.32. The highest BCUT2D eigenvalue weighted by Crippen LogP contribution is 2.52. The van der Waals surface area contributed by atoms with Crippen molar-refractivity contribution in [1.82, 2.24) is 0 Å². The van der Waals surface area contributed by atoms with Gasteiger partial charge in [-0.2, -0.15) is 0 Å². The summed E-state index contributed by atoms with van der Waals surface area (Å²) in [6, 6.07) is 5.32. The zero-order valence-electron chi connectivity index (χ0n) is 20.1. The molecule has 198 valence electrons. The molecule has 1 aromatic heterocycles. The van der Waals surface area contributed by atoms with E-state index in [0.29, 0.717) is 0 Å². The highest BCUT2D eigenvalue weighted by atomic mass is 16.5. The van der Waals surface area contributed by atoms with Gasteiger partial charge in [-0.1, -0.05) is 0 Å². The summed E-state index contributed by atoms with van der Waals surface area (Å²) in [7, 11) is 0. The van der Waals surface area contributed by atoms with Crippen molar-refractivity contribution in [1.29, 1.82) is 0 Å². The standard InChI is InChI=1S/C28H20O11/c1-9-2-13(30)25-19(38-9)4-11-21(15(32)6-17(34)23(11)27(25)36)22-12-5-20-26(14(31)3-10(8-29)39-20)28(37)24(12)18(35)7-16(22)33/h3-7,9,29,31-32,34-37H,2,8H2,1H3. The van der Waals surface area contributed by atoms with Gasteiger partial charge in [-0.3, -0.25) is 9.59 Å². The van der Waals surface area contributed by atoms with E-state index in [2.05, 4.69) is 0 Å². The Kier molecular flexibility index (Phi) is 5.07. The molecule has 0 aliphatic carbocycles. The summed E-state index contributed by atoms with van der Waals surface area (Å²) in [5.74, 6) is -4.01. The summed E-state index contributed by atoms with van der Waals surface area (Å²) in [6.45, 7) is 1.06. The van der Waals surface area contributed by atoms with Crippen LogP contribution in [0.4, 0.5) is 0 Å². The molecule has 6 rings (SSSR count). The first-order chi connectivity index (χ1) is 18.5. The van der Waals surface area contributed by atoms with Gasteiger partial charge < -0.3 is 44.9 Å². The van der Waals surface area contributed by atoms with Gasteiger partial charge in [-0.25, -0.2) is 0 Å². The molecule has 1 aliphatic heterocycles. The maximum atomic E-state index is 13.4. The number of hydrogen-bond donors (Lipinski definition) is 7. The Morgan fingerprint density at radius 3 is 2.10 bits per heavy atom. The fourth-order valence-electron chi connectivity index (χ4n) is 5.32. The minimum absolute atomic E-state index is 0.0103. The lowest BCUT2D eigenvalue weighted by atomic mass is 9.88. The van der Waals surface area contributed by atoms with E-state index in [1.807, 2.05) is 0 Å². The first-order valence-electron chi connectivity index (χ1n) is 11.7. The van der Waals surface area contributed by atoms with Crippen LogP contribution in [0.1, 0.15) is 29.5 Å². The van der Waals surface area contributed by atoms with Crippen LogP contribution in [0.3, 0.4) is 0 Å². The van der Waals surface area contributed by atoms with Crippen LogP contribution in [0.15, 0.2) is 39.5 Å². The van der Waals surface area contributed by atoms with Crippen LogP contribution in [0.2, 0.25) is 0 Å². The van der Waals surface area contributed by atoms with Gasteiger partial charge in [0.25, 0.3) is 0 Å². The Morgan fingerprint density at radius 2 is 1.38 bits per heavy atom. The number of aliphatic hydroxyl groups excluding tert-OH is 1. The Morgan fingerprint density at radius 1 is 0.744 bits per heavy atom. The molecule has 11 nitrogen and oxygen atoms in total. The second-order valence-corrected chi connectivity index (χ2v) is 9.41. The van der Waals surface area contributed by atoms with Crippen molar-refractivity contribution < 1.29 is 49.7 Å². The Bertz CT molecular complexity index is 1970. The van der Waals surface area contributed by atoms with Gasteiger partial charge in [-0.05, 0) is 19.1 Å². The van der Waals surface area contributed by atoms with E-state index in [4.69, 9.17) is 9.15 Å². The van der Waals surface area contributed by atoms with Crippen LogP contribution < -0.4 is 10.2 Å². The fourth-order valence-corrected chi connectivity index (χ4v) is 5.32. The van der Waals surface area contributed by atoms with E-state index in [1.165, 1.54) is 12.1 Å². The largest absolute Gasteiger partial charge is 0.507 e. The van der Waals surface area contributed by atoms with Crippen LogP contribution in [0, 0.1) is 0 Å². The summed E-state index contributed by atoms with van der Waals surface area (Å²) in [4.78, 5) is 26.0. The molecule has 0 saturated heterocycles.